The Kier molecular flexibility index (Phi) is 5.94. The molecule has 0 bridgehead atoms. The number of aliphatic carboxylic acids is 1. The Labute approximate surface area is 111 Å². The van der Waals surface area contributed by atoms with Crippen molar-refractivity contribution in [3.8, 4) is 0 Å². The summed E-state index contributed by atoms with van der Waals surface area (Å²) in [4.78, 5) is 20.7. The molecule has 0 amide bonds. The maximum atomic E-state index is 9.00. The number of carboxylic acid groups (broad SMARTS) is 1. The molecule has 6 nitrogen and oxygen atoms in total. The first-order chi connectivity index (χ1) is 9.08. The monoisotopic (exact) mass is 260 g/mol. The van der Waals surface area contributed by atoms with Crippen LogP contribution in [0.25, 0.3) is 0 Å². The molecule has 0 atom stereocenters. The predicted octanol–water partition coefficient (Wildman–Crippen LogP) is 1.88. The van der Waals surface area contributed by atoms with E-state index in [1.807, 2.05) is 0 Å². The molecule has 1 aromatic carbocycles. The molecule has 19 heavy (non-hydrogen) atoms. The van der Waals surface area contributed by atoms with Crippen molar-refractivity contribution in [1.29, 1.82) is 0 Å². The first-order valence-corrected chi connectivity index (χ1v) is 5.69. The summed E-state index contributed by atoms with van der Waals surface area (Å²) in [6, 6.07) is 8.35. The van der Waals surface area contributed by atoms with Crippen LogP contribution in [0.2, 0.25) is 0 Å². The molecule has 0 saturated heterocycles. The van der Waals surface area contributed by atoms with Gasteiger partial charge in [-0.15, -0.1) is 0 Å². The zero-order chi connectivity index (χ0) is 14.1. The van der Waals surface area contributed by atoms with E-state index in [1.165, 1.54) is 23.8 Å². The molecule has 2 rings (SSSR count). The number of aryl methyl sites for hydroxylation is 1. The number of rotatable bonds is 3. The molecular formula is C13H16N4O2. The molecule has 0 radical (unpaired) electrons. The second-order valence-corrected chi connectivity index (χ2v) is 3.82. The zero-order valence-corrected chi connectivity index (χ0v) is 10.9. The summed E-state index contributed by atoms with van der Waals surface area (Å²) in [5.74, 6) is -0.231. The summed E-state index contributed by atoms with van der Waals surface area (Å²) in [5.41, 5.74) is 2.47. The Balaban J connectivity index is 0.000000399. The fourth-order valence-corrected chi connectivity index (χ4v) is 1.22. The number of anilines is 1. The third-order valence-corrected chi connectivity index (χ3v) is 2.06. The van der Waals surface area contributed by atoms with Gasteiger partial charge in [0.2, 0.25) is 5.95 Å². The maximum absolute atomic E-state index is 9.00. The quantitative estimate of drug-likeness (QED) is 0.876. The summed E-state index contributed by atoms with van der Waals surface area (Å²) >= 11 is 0. The normalized spacial score (nSPS) is 9.16. The van der Waals surface area contributed by atoms with Crippen molar-refractivity contribution in [3.05, 3.63) is 48.0 Å². The van der Waals surface area contributed by atoms with Crippen LogP contribution in [0.3, 0.4) is 0 Å². The number of hydrogen-bond donors (Lipinski definition) is 2. The average molecular weight is 260 g/mol. The van der Waals surface area contributed by atoms with Crippen LogP contribution in [0.4, 0.5) is 5.95 Å². The molecule has 2 N–H and O–H groups in total. The van der Waals surface area contributed by atoms with Crippen molar-refractivity contribution >= 4 is 11.9 Å². The number of hydrogen-bond acceptors (Lipinski definition) is 5. The Morgan fingerprint density at radius 1 is 1.21 bits per heavy atom. The van der Waals surface area contributed by atoms with Gasteiger partial charge in [-0.1, -0.05) is 29.8 Å². The van der Waals surface area contributed by atoms with Crippen LogP contribution >= 0.6 is 0 Å². The third kappa shape index (κ3) is 6.72. The van der Waals surface area contributed by atoms with Gasteiger partial charge >= 0.3 is 0 Å². The van der Waals surface area contributed by atoms with Gasteiger partial charge in [-0.25, -0.2) is 15.0 Å². The van der Waals surface area contributed by atoms with Crippen LogP contribution in [0.1, 0.15) is 18.1 Å². The molecule has 2 aromatic rings. The van der Waals surface area contributed by atoms with Gasteiger partial charge in [-0.2, -0.15) is 0 Å². The van der Waals surface area contributed by atoms with Crippen molar-refractivity contribution < 1.29 is 9.90 Å². The van der Waals surface area contributed by atoms with E-state index in [-0.39, 0.29) is 0 Å². The highest BCUT2D eigenvalue weighted by Crippen LogP contribution is 2.04. The van der Waals surface area contributed by atoms with Gasteiger partial charge < -0.3 is 10.4 Å². The molecule has 1 heterocycles. The minimum atomic E-state index is -0.833. The molecule has 0 fully saturated rings. The van der Waals surface area contributed by atoms with Crippen molar-refractivity contribution in [1.82, 2.24) is 15.0 Å². The lowest BCUT2D eigenvalue weighted by Crippen LogP contribution is -2.03. The summed E-state index contributed by atoms with van der Waals surface area (Å²) in [6.45, 7) is 3.88. The molecule has 0 aliphatic rings. The minimum Gasteiger partial charge on any atom is -0.481 e. The van der Waals surface area contributed by atoms with E-state index < -0.39 is 5.97 Å². The van der Waals surface area contributed by atoms with E-state index in [1.54, 1.807) is 0 Å². The highest BCUT2D eigenvalue weighted by molar-refractivity contribution is 5.62. The summed E-state index contributed by atoms with van der Waals surface area (Å²) in [6.07, 6.45) is 2.95. The Morgan fingerprint density at radius 2 is 1.74 bits per heavy atom. The highest BCUT2D eigenvalue weighted by Gasteiger charge is 1.94. The Bertz CT molecular complexity index is 496. The van der Waals surface area contributed by atoms with Crippen LogP contribution < -0.4 is 5.32 Å². The number of carbonyl (C=O) groups is 1. The fraction of sp³-hybridized carbons (Fsp3) is 0.231. The molecule has 0 saturated carbocycles. The van der Waals surface area contributed by atoms with Crippen LogP contribution in [0.5, 0.6) is 0 Å². The second kappa shape index (κ2) is 7.75. The first-order valence-electron chi connectivity index (χ1n) is 5.69. The lowest BCUT2D eigenvalue weighted by atomic mass is 10.1. The van der Waals surface area contributed by atoms with Crippen molar-refractivity contribution in [2.45, 2.75) is 20.4 Å². The van der Waals surface area contributed by atoms with Gasteiger partial charge in [0.15, 0.2) is 0 Å². The van der Waals surface area contributed by atoms with E-state index in [2.05, 4.69) is 51.5 Å². The van der Waals surface area contributed by atoms with Gasteiger partial charge in [0.05, 0.1) is 0 Å². The first kappa shape index (κ1) is 14.6. The summed E-state index contributed by atoms with van der Waals surface area (Å²) in [7, 11) is 0. The topological polar surface area (TPSA) is 88.0 Å². The van der Waals surface area contributed by atoms with Crippen LogP contribution in [-0.2, 0) is 11.3 Å². The number of carboxylic acids is 1. The highest BCUT2D eigenvalue weighted by atomic mass is 16.4. The predicted molar refractivity (Wildman–Crippen MR) is 71.6 cm³/mol. The number of nitrogens with zero attached hydrogens (tertiary/aromatic N) is 3. The van der Waals surface area contributed by atoms with Crippen molar-refractivity contribution in [2.24, 2.45) is 0 Å². The molecule has 0 unspecified atom stereocenters. The van der Waals surface area contributed by atoms with E-state index in [4.69, 9.17) is 9.90 Å². The molecule has 1 aromatic heterocycles. The van der Waals surface area contributed by atoms with Crippen molar-refractivity contribution in [2.75, 3.05) is 5.32 Å². The lowest BCUT2D eigenvalue weighted by molar-refractivity contribution is -0.134. The van der Waals surface area contributed by atoms with Gasteiger partial charge in [-0.05, 0) is 12.5 Å². The van der Waals surface area contributed by atoms with Gasteiger partial charge in [0, 0.05) is 13.5 Å². The third-order valence-electron chi connectivity index (χ3n) is 2.06. The average Bonchev–Trinajstić information content (AvgIpc) is 2.39. The van der Waals surface area contributed by atoms with Crippen LogP contribution in [0.15, 0.2) is 36.9 Å². The lowest BCUT2D eigenvalue weighted by Gasteiger charge is -2.03. The summed E-state index contributed by atoms with van der Waals surface area (Å²) in [5, 5.41) is 10.5. The minimum absolute atomic E-state index is 0.602. The Morgan fingerprint density at radius 3 is 2.26 bits per heavy atom. The van der Waals surface area contributed by atoms with Crippen molar-refractivity contribution in [3.63, 3.8) is 0 Å². The molecule has 100 valence electrons. The fourth-order valence-electron chi connectivity index (χ4n) is 1.22. The number of nitrogens with one attached hydrogen (secondary N) is 1. The summed E-state index contributed by atoms with van der Waals surface area (Å²) < 4.78 is 0. The largest absolute Gasteiger partial charge is 0.481 e. The molecule has 0 aliphatic heterocycles. The van der Waals surface area contributed by atoms with Gasteiger partial charge in [0.25, 0.3) is 5.97 Å². The van der Waals surface area contributed by atoms with Crippen LogP contribution in [0, 0.1) is 6.92 Å². The van der Waals surface area contributed by atoms with E-state index in [0.29, 0.717) is 5.95 Å². The SMILES string of the molecule is CC(=O)O.Cc1ccc(CNc2ncncn2)cc1. The number of benzene rings is 1. The second-order valence-electron chi connectivity index (χ2n) is 3.82. The van der Waals surface area contributed by atoms with E-state index in [9.17, 15) is 0 Å². The Hall–Kier alpha value is -2.50. The van der Waals surface area contributed by atoms with Gasteiger partial charge in [-0.3, -0.25) is 4.79 Å². The molecule has 0 spiro atoms. The maximum Gasteiger partial charge on any atom is 0.300 e. The molecule has 6 heteroatoms. The van der Waals surface area contributed by atoms with E-state index in [0.717, 1.165) is 13.5 Å². The standard InChI is InChI=1S/C11H12N4.C2H4O2/c1-9-2-4-10(5-3-9)6-13-11-14-7-12-8-15-11;1-2(3)4/h2-5,7-8H,6H2,1H3,(H,12,13,14,15);1H3,(H,3,4). The number of aromatic nitrogens is 3. The molecule has 0 aliphatic carbocycles. The molecular weight excluding hydrogens is 244 g/mol. The van der Waals surface area contributed by atoms with Crippen LogP contribution in [-0.4, -0.2) is 26.0 Å². The smallest absolute Gasteiger partial charge is 0.300 e. The zero-order valence-electron chi connectivity index (χ0n) is 10.9. The van der Waals surface area contributed by atoms with E-state index >= 15 is 0 Å². The van der Waals surface area contributed by atoms with Gasteiger partial charge in [0.1, 0.15) is 12.7 Å².